The molecule has 0 bridgehead atoms. The molecular formula is C22H20N6O2. The van der Waals surface area contributed by atoms with Gasteiger partial charge in [0.1, 0.15) is 5.69 Å². The van der Waals surface area contributed by atoms with Crippen LogP contribution in [0.3, 0.4) is 0 Å². The Morgan fingerprint density at radius 1 is 1.03 bits per heavy atom. The minimum Gasteiger partial charge on any atom is -0.364 e. The molecular weight excluding hydrogens is 380 g/mol. The maximum Gasteiger partial charge on any atom is 0.284 e. The van der Waals surface area contributed by atoms with E-state index in [1.807, 2.05) is 62.4 Å². The molecule has 2 amide bonds. The smallest absolute Gasteiger partial charge is 0.284 e. The highest BCUT2D eigenvalue weighted by Gasteiger charge is 2.29. The second-order valence-electron chi connectivity index (χ2n) is 6.91. The van der Waals surface area contributed by atoms with Crippen molar-refractivity contribution in [2.45, 2.75) is 13.8 Å². The molecule has 2 aromatic heterocycles. The Balaban J connectivity index is 1.84. The van der Waals surface area contributed by atoms with Crippen LogP contribution in [0, 0.1) is 13.8 Å². The van der Waals surface area contributed by atoms with E-state index in [1.54, 1.807) is 6.20 Å². The number of benzene rings is 2. The second kappa shape index (κ2) is 7.67. The van der Waals surface area contributed by atoms with E-state index < -0.39 is 11.8 Å². The van der Waals surface area contributed by atoms with E-state index in [1.165, 1.54) is 11.2 Å². The summed E-state index contributed by atoms with van der Waals surface area (Å²) in [5.74, 6) is -0.970. The van der Waals surface area contributed by atoms with E-state index in [0.717, 1.165) is 22.4 Å². The van der Waals surface area contributed by atoms with Crippen LogP contribution in [0.1, 0.15) is 32.1 Å². The molecule has 0 saturated heterocycles. The average molecular weight is 400 g/mol. The first-order valence-electron chi connectivity index (χ1n) is 9.31. The Morgan fingerprint density at radius 3 is 2.50 bits per heavy atom. The van der Waals surface area contributed by atoms with E-state index in [-0.39, 0.29) is 11.4 Å². The summed E-state index contributed by atoms with van der Waals surface area (Å²) in [4.78, 5) is 40.9. The first-order valence-corrected chi connectivity index (χ1v) is 9.31. The predicted molar refractivity (Wildman–Crippen MR) is 114 cm³/mol. The number of rotatable bonds is 5. The molecule has 2 aromatic carbocycles. The quantitative estimate of drug-likeness (QED) is 0.475. The van der Waals surface area contributed by atoms with Gasteiger partial charge in [-0.1, -0.05) is 48.0 Å². The Bertz CT molecular complexity index is 1230. The minimum absolute atomic E-state index is 0.000126. The molecule has 0 fully saturated rings. The molecule has 8 heteroatoms. The van der Waals surface area contributed by atoms with Gasteiger partial charge in [0, 0.05) is 0 Å². The summed E-state index contributed by atoms with van der Waals surface area (Å²) in [5.41, 5.74) is 9.53. The van der Waals surface area contributed by atoms with Crippen LogP contribution in [0.5, 0.6) is 0 Å². The fourth-order valence-corrected chi connectivity index (χ4v) is 3.32. The zero-order valence-corrected chi connectivity index (χ0v) is 16.5. The van der Waals surface area contributed by atoms with Gasteiger partial charge in [-0.15, -0.1) is 0 Å². The molecule has 0 aliphatic heterocycles. The fraction of sp³-hybridized carbons (Fsp3) is 0.0909. The number of nitrogens with one attached hydrogen (secondary N) is 2. The molecule has 0 radical (unpaired) electrons. The van der Waals surface area contributed by atoms with Crippen LogP contribution >= 0.6 is 0 Å². The third kappa shape index (κ3) is 3.46. The lowest BCUT2D eigenvalue weighted by Gasteiger charge is -2.22. The average Bonchev–Trinajstić information content (AvgIpc) is 3.40. The summed E-state index contributed by atoms with van der Waals surface area (Å²) >= 11 is 0. The number of amides is 2. The zero-order valence-electron chi connectivity index (χ0n) is 16.5. The number of nitrogens with zero attached hydrogens (tertiary/aromatic N) is 3. The molecule has 8 nitrogen and oxygen atoms in total. The SMILES string of the molecule is Cc1ccc(N(C(=O)c2[nH]cnc2C(N)=O)c2ncc(-c3ccccc3)[nH]2)c(C)c1. The minimum atomic E-state index is -0.787. The van der Waals surface area contributed by atoms with Gasteiger partial charge >= 0.3 is 0 Å². The first-order chi connectivity index (χ1) is 14.5. The van der Waals surface area contributed by atoms with E-state index in [4.69, 9.17) is 5.73 Å². The lowest BCUT2D eigenvalue weighted by Crippen LogP contribution is -2.30. The lowest BCUT2D eigenvalue weighted by molar-refractivity contribution is 0.0961. The van der Waals surface area contributed by atoms with Gasteiger partial charge in [-0.2, -0.15) is 0 Å². The number of H-pyrrole nitrogens is 2. The number of carbonyl (C=O) groups excluding carboxylic acids is 2. The number of imidazole rings is 2. The van der Waals surface area contributed by atoms with Crippen molar-refractivity contribution in [2.24, 2.45) is 5.73 Å². The molecule has 0 atom stereocenters. The Labute approximate surface area is 172 Å². The zero-order chi connectivity index (χ0) is 21.3. The van der Waals surface area contributed by atoms with Crippen LogP contribution in [-0.4, -0.2) is 31.8 Å². The first kappa shape index (κ1) is 19.1. The molecule has 0 aliphatic carbocycles. The molecule has 0 spiro atoms. The molecule has 4 rings (SSSR count). The van der Waals surface area contributed by atoms with Crippen LogP contribution in [-0.2, 0) is 0 Å². The highest BCUT2D eigenvalue weighted by Crippen LogP contribution is 2.31. The summed E-state index contributed by atoms with van der Waals surface area (Å²) in [6.45, 7) is 3.88. The monoisotopic (exact) mass is 400 g/mol. The van der Waals surface area contributed by atoms with E-state index in [0.29, 0.717) is 11.6 Å². The summed E-state index contributed by atoms with van der Waals surface area (Å²) in [6, 6.07) is 15.4. The molecule has 0 saturated carbocycles. The van der Waals surface area contributed by atoms with Crippen molar-refractivity contribution in [3.8, 4) is 11.3 Å². The van der Waals surface area contributed by atoms with Gasteiger partial charge < -0.3 is 15.7 Å². The summed E-state index contributed by atoms with van der Waals surface area (Å²) in [5, 5.41) is 0. The number of hydrogen-bond acceptors (Lipinski definition) is 4. The number of hydrogen-bond donors (Lipinski definition) is 3. The van der Waals surface area contributed by atoms with Crippen molar-refractivity contribution in [1.29, 1.82) is 0 Å². The number of anilines is 2. The Morgan fingerprint density at radius 2 is 1.80 bits per heavy atom. The van der Waals surface area contributed by atoms with E-state index in [2.05, 4.69) is 19.9 Å². The molecule has 0 unspecified atom stereocenters. The highest BCUT2D eigenvalue weighted by molar-refractivity contribution is 6.14. The van der Waals surface area contributed by atoms with Gasteiger partial charge in [-0.05, 0) is 31.0 Å². The largest absolute Gasteiger partial charge is 0.364 e. The number of aromatic amines is 2. The van der Waals surface area contributed by atoms with Crippen molar-refractivity contribution >= 4 is 23.5 Å². The van der Waals surface area contributed by atoms with Crippen molar-refractivity contribution in [1.82, 2.24) is 19.9 Å². The van der Waals surface area contributed by atoms with Gasteiger partial charge in [0.25, 0.3) is 11.8 Å². The lowest BCUT2D eigenvalue weighted by atomic mass is 10.1. The molecule has 4 N–H and O–H groups in total. The summed E-state index contributed by atoms with van der Waals surface area (Å²) < 4.78 is 0. The van der Waals surface area contributed by atoms with Crippen molar-refractivity contribution in [3.05, 3.63) is 83.6 Å². The maximum absolute atomic E-state index is 13.5. The molecule has 30 heavy (non-hydrogen) atoms. The molecule has 4 aromatic rings. The topological polar surface area (TPSA) is 121 Å². The summed E-state index contributed by atoms with van der Waals surface area (Å²) in [7, 11) is 0. The molecule has 2 heterocycles. The van der Waals surface area contributed by atoms with Gasteiger partial charge in [0.15, 0.2) is 5.69 Å². The van der Waals surface area contributed by atoms with Crippen LogP contribution < -0.4 is 10.6 Å². The van der Waals surface area contributed by atoms with Crippen LogP contribution in [0.15, 0.2) is 61.1 Å². The van der Waals surface area contributed by atoms with Crippen LogP contribution in [0.4, 0.5) is 11.6 Å². The highest BCUT2D eigenvalue weighted by atomic mass is 16.2. The van der Waals surface area contributed by atoms with Crippen molar-refractivity contribution in [3.63, 3.8) is 0 Å². The number of aryl methyl sites for hydroxylation is 2. The van der Waals surface area contributed by atoms with E-state index >= 15 is 0 Å². The van der Waals surface area contributed by atoms with Gasteiger partial charge in [-0.25, -0.2) is 14.9 Å². The van der Waals surface area contributed by atoms with Gasteiger partial charge in [0.05, 0.1) is 23.9 Å². The standard InChI is InChI=1S/C22H20N6O2/c1-13-8-9-17(14(2)10-13)28(21(30)19-18(20(23)29)25-12-26-19)22-24-11-16(27-22)15-6-4-3-5-7-15/h3-12H,1-2H3,(H2,23,29)(H,24,27)(H,25,26). The maximum atomic E-state index is 13.5. The fourth-order valence-electron chi connectivity index (χ4n) is 3.32. The number of carbonyl (C=O) groups is 2. The number of primary amides is 1. The Hall–Kier alpha value is -4.20. The van der Waals surface area contributed by atoms with Crippen LogP contribution in [0.2, 0.25) is 0 Å². The Kier molecular flexibility index (Phi) is 4.89. The van der Waals surface area contributed by atoms with Gasteiger partial charge in [-0.3, -0.25) is 9.59 Å². The number of aromatic nitrogens is 4. The molecule has 0 aliphatic rings. The normalized spacial score (nSPS) is 10.7. The third-order valence-corrected chi connectivity index (χ3v) is 4.74. The summed E-state index contributed by atoms with van der Waals surface area (Å²) in [6.07, 6.45) is 2.93. The number of nitrogens with two attached hydrogens (primary N) is 1. The second-order valence-corrected chi connectivity index (χ2v) is 6.91. The van der Waals surface area contributed by atoms with Crippen molar-refractivity contribution < 1.29 is 9.59 Å². The van der Waals surface area contributed by atoms with Gasteiger partial charge in [0.2, 0.25) is 5.95 Å². The third-order valence-electron chi connectivity index (χ3n) is 4.74. The van der Waals surface area contributed by atoms with Crippen LogP contribution in [0.25, 0.3) is 11.3 Å². The predicted octanol–water partition coefficient (Wildman–Crippen LogP) is 3.49. The molecule has 150 valence electrons. The van der Waals surface area contributed by atoms with E-state index in [9.17, 15) is 9.59 Å². The van der Waals surface area contributed by atoms with Crippen molar-refractivity contribution in [2.75, 3.05) is 4.90 Å².